The topological polar surface area (TPSA) is 9.23 Å². The minimum Gasteiger partial charge on any atom is -0.405 e. The summed E-state index contributed by atoms with van der Waals surface area (Å²) in [6, 6.07) is 3.77. The first-order valence-corrected chi connectivity index (χ1v) is 9.10. The van der Waals surface area contributed by atoms with Gasteiger partial charge in [-0.25, -0.2) is 0 Å². The van der Waals surface area contributed by atoms with Gasteiger partial charge in [-0.1, -0.05) is 57.2 Å². The van der Waals surface area contributed by atoms with Crippen LogP contribution in [-0.2, 0) is 4.43 Å². The van der Waals surface area contributed by atoms with E-state index >= 15 is 0 Å². The molecule has 0 fully saturated rings. The van der Waals surface area contributed by atoms with Gasteiger partial charge in [0.2, 0.25) is 0 Å². The van der Waals surface area contributed by atoms with Gasteiger partial charge in [-0.3, -0.25) is 0 Å². The molecule has 0 aromatic carbocycles. The molecule has 0 bridgehead atoms. The zero-order chi connectivity index (χ0) is 10.5. The van der Waals surface area contributed by atoms with Crippen molar-refractivity contribution in [3.63, 3.8) is 0 Å². The van der Waals surface area contributed by atoms with Gasteiger partial charge < -0.3 is 4.43 Å². The monoisotopic (exact) mass is 314 g/mol. The third kappa shape index (κ3) is 4.30. The van der Waals surface area contributed by atoms with Crippen LogP contribution in [0.1, 0.15) is 34.6 Å². The molecule has 3 heteroatoms. The van der Waals surface area contributed by atoms with E-state index in [0.717, 1.165) is 0 Å². The van der Waals surface area contributed by atoms with Crippen LogP contribution in [-0.4, -0.2) is 12.4 Å². The van der Waals surface area contributed by atoms with Crippen LogP contribution in [0.3, 0.4) is 0 Å². The van der Waals surface area contributed by atoms with E-state index in [1.807, 2.05) is 0 Å². The Labute approximate surface area is 97.9 Å². The van der Waals surface area contributed by atoms with Crippen molar-refractivity contribution in [2.75, 3.05) is 0 Å². The second kappa shape index (κ2) is 6.40. The molecule has 0 N–H and O–H groups in total. The van der Waals surface area contributed by atoms with Gasteiger partial charge in [-0.2, -0.15) is 0 Å². The fourth-order valence-corrected chi connectivity index (χ4v) is 5.74. The van der Waals surface area contributed by atoms with Crippen molar-refractivity contribution in [3.8, 4) is 0 Å². The molecule has 0 amide bonds. The largest absolute Gasteiger partial charge is 0.405 e. The van der Waals surface area contributed by atoms with E-state index < -0.39 is 8.32 Å². The average molecular weight is 314 g/mol. The highest BCUT2D eigenvalue weighted by Gasteiger charge is 2.31. The Morgan fingerprint density at radius 1 is 1.08 bits per heavy atom. The third-order valence-electron chi connectivity index (χ3n) is 2.82. The Balaban J connectivity index is 4.24. The Morgan fingerprint density at radius 2 is 1.46 bits per heavy atom. The molecule has 0 aliphatic rings. The van der Waals surface area contributed by atoms with E-state index in [2.05, 4.69) is 57.2 Å². The van der Waals surface area contributed by atoms with Crippen LogP contribution >= 0.6 is 22.6 Å². The van der Waals surface area contributed by atoms with Crippen LogP contribution < -0.4 is 0 Å². The Morgan fingerprint density at radius 3 is 1.69 bits per heavy atom. The van der Waals surface area contributed by atoms with Crippen molar-refractivity contribution in [3.05, 3.63) is 0 Å². The Kier molecular flexibility index (Phi) is 6.85. The summed E-state index contributed by atoms with van der Waals surface area (Å²) in [6.45, 7) is 11.3. The molecule has 0 aliphatic carbocycles. The molecule has 13 heavy (non-hydrogen) atoms. The molecule has 0 saturated carbocycles. The third-order valence-corrected chi connectivity index (χ3v) is 9.61. The Hall–Kier alpha value is 0.907. The summed E-state index contributed by atoms with van der Waals surface area (Å²) in [5.41, 5.74) is 0. The maximum absolute atomic E-state index is 6.27. The van der Waals surface area contributed by atoms with Gasteiger partial charge in [0.05, 0.1) is 4.11 Å². The van der Waals surface area contributed by atoms with E-state index in [1.54, 1.807) is 0 Å². The SMILES string of the molecule is CC[Si](CC)(CC)OC(I)C(C)C. The maximum atomic E-state index is 6.27. The molecular weight excluding hydrogens is 291 g/mol. The smallest absolute Gasteiger partial charge is 0.193 e. The molecule has 1 unspecified atom stereocenters. The van der Waals surface area contributed by atoms with E-state index in [1.165, 1.54) is 18.1 Å². The highest BCUT2D eigenvalue weighted by atomic mass is 127. The average Bonchev–Trinajstić information content (AvgIpc) is 2.14. The Bertz CT molecular complexity index is 127. The molecule has 0 heterocycles. The molecule has 0 spiro atoms. The zero-order valence-corrected chi connectivity index (χ0v) is 12.7. The molecule has 1 nitrogen and oxygen atoms in total. The minimum atomic E-state index is -1.35. The number of rotatable bonds is 6. The fraction of sp³-hybridized carbons (Fsp3) is 1.00. The zero-order valence-electron chi connectivity index (χ0n) is 9.56. The van der Waals surface area contributed by atoms with Gasteiger partial charge in [-0.15, -0.1) is 0 Å². The predicted octanol–water partition coefficient (Wildman–Crippen LogP) is 4.43. The lowest BCUT2D eigenvalue weighted by atomic mass is 10.2. The van der Waals surface area contributed by atoms with Gasteiger partial charge in [0.15, 0.2) is 8.32 Å². The number of alkyl halides is 1. The van der Waals surface area contributed by atoms with E-state index in [-0.39, 0.29) is 0 Å². The minimum absolute atomic E-state index is 0.407. The molecule has 80 valence electrons. The van der Waals surface area contributed by atoms with E-state index in [4.69, 9.17) is 4.43 Å². The molecule has 1 atom stereocenters. The molecule has 0 aromatic rings. The summed E-state index contributed by atoms with van der Waals surface area (Å²) in [5.74, 6) is 0.636. The summed E-state index contributed by atoms with van der Waals surface area (Å²) in [5, 5.41) is 0. The summed E-state index contributed by atoms with van der Waals surface area (Å²) in [6.07, 6.45) is 0. The summed E-state index contributed by atoms with van der Waals surface area (Å²) < 4.78 is 6.68. The van der Waals surface area contributed by atoms with Crippen LogP contribution in [0.5, 0.6) is 0 Å². The van der Waals surface area contributed by atoms with Crippen molar-refractivity contribution >= 4 is 30.9 Å². The van der Waals surface area contributed by atoms with Crippen LogP contribution in [0, 0.1) is 5.92 Å². The highest BCUT2D eigenvalue weighted by Crippen LogP contribution is 2.28. The van der Waals surface area contributed by atoms with Crippen molar-refractivity contribution in [2.24, 2.45) is 5.92 Å². The first kappa shape index (κ1) is 13.9. The van der Waals surface area contributed by atoms with Crippen LogP contribution in [0.2, 0.25) is 18.1 Å². The fourth-order valence-electron chi connectivity index (χ4n) is 1.37. The second-order valence-corrected chi connectivity index (χ2v) is 9.91. The van der Waals surface area contributed by atoms with E-state index in [9.17, 15) is 0 Å². The van der Waals surface area contributed by atoms with Gasteiger partial charge in [0.1, 0.15) is 0 Å². The molecular formula is C10H23IOSi. The van der Waals surface area contributed by atoms with E-state index in [0.29, 0.717) is 10.0 Å². The van der Waals surface area contributed by atoms with Crippen molar-refractivity contribution < 1.29 is 4.43 Å². The van der Waals surface area contributed by atoms with Crippen molar-refractivity contribution in [2.45, 2.75) is 56.9 Å². The lowest BCUT2D eigenvalue weighted by molar-refractivity contribution is 0.236. The predicted molar refractivity (Wildman–Crippen MR) is 70.9 cm³/mol. The standard InChI is InChI=1S/C10H23IOSi/c1-6-13(7-2,8-3)12-10(11)9(4)5/h9-10H,6-8H2,1-5H3. The second-order valence-electron chi connectivity index (χ2n) is 3.96. The number of hydrogen-bond donors (Lipinski definition) is 0. The van der Waals surface area contributed by atoms with Crippen molar-refractivity contribution in [1.82, 2.24) is 0 Å². The molecule has 0 radical (unpaired) electrons. The quantitative estimate of drug-likeness (QED) is 0.400. The van der Waals surface area contributed by atoms with Crippen LogP contribution in [0.25, 0.3) is 0 Å². The lowest BCUT2D eigenvalue weighted by Crippen LogP contribution is -2.39. The number of halogens is 1. The van der Waals surface area contributed by atoms with Gasteiger partial charge in [0, 0.05) is 0 Å². The molecule has 0 aliphatic heterocycles. The first-order chi connectivity index (χ1) is 6.01. The lowest BCUT2D eigenvalue weighted by Gasteiger charge is -2.32. The molecule has 0 rings (SSSR count). The summed E-state index contributed by atoms with van der Waals surface area (Å²) in [7, 11) is -1.35. The summed E-state index contributed by atoms with van der Waals surface area (Å²) in [4.78, 5) is 0. The first-order valence-electron chi connectivity index (χ1n) is 5.33. The molecule has 0 aromatic heterocycles. The van der Waals surface area contributed by atoms with Crippen LogP contribution in [0.4, 0.5) is 0 Å². The van der Waals surface area contributed by atoms with Gasteiger partial charge in [0.25, 0.3) is 0 Å². The van der Waals surface area contributed by atoms with Crippen LogP contribution in [0.15, 0.2) is 0 Å². The number of hydrogen-bond acceptors (Lipinski definition) is 1. The van der Waals surface area contributed by atoms with Crippen molar-refractivity contribution in [1.29, 1.82) is 0 Å². The summed E-state index contributed by atoms with van der Waals surface area (Å²) >= 11 is 2.44. The highest BCUT2D eigenvalue weighted by molar-refractivity contribution is 14.1. The normalized spacial score (nSPS) is 15.0. The van der Waals surface area contributed by atoms with Gasteiger partial charge >= 0.3 is 0 Å². The van der Waals surface area contributed by atoms with Gasteiger partial charge in [-0.05, 0) is 24.1 Å². The molecule has 0 saturated heterocycles. The maximum Gasteiger partial charge on any atom is 0.193 e.